The fourth-order valence-electron chi connectivity index (χ4n) is 6.24. The van der Waals surface area contributed by atoms with E-state index in [2.05, 4.69) is 107 Å². The quantitative estimate of drug-likeness (QED) is 0.0697. The Morgan fingerprint density at radius 1 is 0.787 bits per heavy atom. The maximum absolute atomic E-state index is 11.7. The monoisotopic (exact) mass is 808 g/mol. The van der Waals surface area contributed by atoms with Gasteiger partial charge in [-0.15, -0.1) is 29.1 Å². The summed E-state index contributed by atoms with van der Waals surface area (Å²) >= 11 is 0. The molecule has 5 aromatic rings. The summed E-state index contributed by atoms with van der Waals surface area (Å²) < 4.78 is 0. The number of aliphatic hydroxyl groups excluding tert-OH is 1. The molecule has 0 bridgehead atoms. The molecule has 0 spiro atoms. The molecule has 1 radical (unpaired) electrons. The van der Waals surface area contributed by atoms with E-state index in [1.54, 1.807) is 0 Å². The molecular formula is C42H51IrN2O2-. The van der Waals surface area contributed by atoms with Crippen molar-refractivity contribution in [1.29, 1.82) is 0 Å². The smallest absolute Gasteiger partial charge is 0.162 e. The van der Waals surface area contributed by atoms with Gasteiger partial charge in [0, 0.05) is 49.1 Å². The van der Waals surface area contributed by atoms with Crippen molar-refractivity contribution >= 4 is 38.1 Å². The Labute approximate surface area is 295 Å². The van der Waals surface area contributed by atoms with E-state index in [0.29, 0.717) is 5.92 Å². The largest absolute Gasteiger partial charge is 0.512 e. The molecule has 0 fully saturated rings. The molecule has 0 saturated carbocycles. The molecule has 0 unspecified atom stereocenters. The minimum atomic E-state index is 0. The summed E-state index contributed by atoms with van der Waals surface area (Å²) in [6.07, 6.45) is 4.91. The van der Waals surface area contributed by atoms with E-state index >= 15 is 0 Å². The molecule has 1 N–H and O–H groups in total. The van der Waals surface area contributed by atoms with Gasteiger partial charge in [-0.05, 0) is 59.2 Å². The number of ketones is 1. The summed E-state index contributed by atoms with van der Waals surface area (Å²) in [5.74, 6) is 0.849. The number of nitrogens with zero attached hydrogens (tertiary/aromatic N) is 2. The molecule has 4 nitrogen and oxygen atoms in total. The number of allylic oxidation sites excluding steroid dienone is 2. The van der Waals surface area contributed by atoms with Crippen LogP contribution < -0.4 is 0 Å². The van der Waals surface area contributed by atoms with Crippen LogP contribution in [0.2, 0.25) is 0 Å². The second-order valence-electron chi connectivity index (χ2n) is 13.7. The Morgan fingerprint density at radius 3 is 1.89 bits per heavy atom. The van der Waals surface area contributed by atoms with E-state index in [0.717, 1.165) is 53.4 Å². The minimum absolute atomic E-state index is 0. The van der Waals surface area contributed by atoms with Gasteiger partial charge in [0.25, 0.3) is 0 Å². The SMILES string of the molecule is CC(C)c1nnc(-c2[c-]c3ccccc3c(C(C)(C)C)c2)c2cc3ccccc3cc12.CCC(CC)C(=O)/C=C(\O)C(CC)CC.[Ir]. The Kier molecular flexibility index (Phi) is 13.5. The standard InChI is InChI=1S/C29H27N2.C13H24O2.Ir/c1-18(2)27-24-15-19-10-6-7-11-20(19)16-25(24)28(31-30-27)22-14-21-12-8-9-13-23(21)26(17-22)29(3,4)5;1-5-10(6-2)12(14)9-13(15)11(7-3)8-4;/h6-13,15-18H,1-5H3;9-11,14H,5-8H2,1-4H3;/q-1;;/b;12-9-;. The molecule has 5 heteroatoms. The first-order valence-corrected chi connectivity index (χ1v) is 17.0. The van der Waals surface area contributed by atoms with Gasteiger partial charge in [0.05, 0.1) is 11.5 Å². The molecule has 0 aliphatic carbocycles. The van der Waals surface area contributed by atoms with Gasteiger partial charge in [-0.1, -0.05) is 122 Å². The van der Waals surface area contributed by atoms with Crippen molar-refractivity contribution in [2.45, 2.75) is 99.3 Å². The molecule has 0 saturated heterocycles. The number of carbonyl (C=O) groups excluding carboxylic acids is 1. The number of benzene rings is 4. The van der Waals surface area contributed by atoms with Crippen molar-refractivity contribution < 1.29 is 30.0 Å². The van der Waals surface area contributed by atoms with Crippen molar-refractivity contribution in [3.63, 3.8) is 0 Å². The first kappa shape index (κ1) is 38.1. The fraction of sp³-hybridized carbons (Fsp3) is 0.405. The summed E-state index contributed by atoms with van der Waals surface area (Å²) in [5, 5.41) is 26.3. The summed E-state index contributed by atoms with van der Waals surface area (Å²) in [6, 6.07) is 27.5. The summed E-state index contributed by atoms with van der Waals surface area (Å²) in [5.41, 5.74) is 4.27. The number of rotatable bonds is 9. The fourth-order valence-corrected chi connectivity index (χ4v) is 6.24. The van der Waals surface area contributed by atoms with Crippen LogP contribution in [-0.2, 0) is 30.3 Å². The molecule has 0 atom stereocenters. The van der Waals surface area contributed by atoms with Crippen LogP contribution in [0.1, 0.15) is 105 Å². The van der Waals surface area contributed by atoms with Gasteiger partial charge in [0.1, 0.15) is 0 Å². The van der Waals surface area contributed by atoms with Gasteiger partial charge in [-0.25, -0.2) is 0 Å². The van der Waals surface area contributed by atoms with E-state index in [4.69, 9.17) is 10.2 Å². The van der Waals surface area contributed by atoms with Gasteiger partial charge in [0.15, 0.2) is 5.78 Å². The van der Waals surface area contributed by atoms with E-state index in [1.807, 2.05) is 27.7 Å². The number of hydrogen-bond acceptors (Lipinski definition) is 4. The Balaban J connectivity index is 0.000000322. The zero-order chi connectivity index (χ0) is 33.6. The molecule has 47 heavy (non-hydrogen) atoms. The number of aromatic nitrogens is 2. The molecule has 4 aromatic carbocycles. The van der Waals surface area contributed by atoms with Gasteiger partial charge >= 0.3 is 0 Å². The zero-order valence-corrected chi connectivity index (χ0v) is 32.0. The molecule has 0 aliphatic rings. The summed E-state index contributed by atoms with van der Waals surface area (Å²) in [7, 11) is 0. The van der Waals surface area contributed by atoms with Crippen LogP contribution in [0.15, 0.2) is 78.6 Å². The van der Waals surface area contributed by atoms with Gasteiger partial charge in [0.2, 0.25) is 0 Å². The Bertz CT molecular complexity index is 1840. The second kappa shape index (κ2) is 16.6. The van der Waals surface area contributed by atoms with Crippen molar-refractivity contribution in [3.05, 3.63) is 95.9 Å². The van der Waals surface area contributed by atoms with Crippen molar-refractivity contribution in [2.75, 3.05) is 0 Å². The van der Waals surface area contributed by atoms with Crippen molar-refractivity contribution in [1.82, 2.24) is 10.2 Å². The Morgan fingerprint density at radius 2 is 1.34 bits per heavy atom. The minimum Gasteiger partial charge on any atom is -0.512 e. The first-order chi connectivity index (χ1) is 21.9. The normalized spacial score (nSPS) is 12.1. The van der Waals surface area contributed by atoms with Gasteiger partial charge in [-0.2, -0.15) is 10.2 Å². The van der Waals surface area contributed by atoms with Crippen LogP contribution in [0.5, 0.6) is 0 Å². The predicted molar refractivity (Wildman–Crippen MR) is 195 cm³/mol. The maximum atomic E-state index is 11.7. The van der Waals surface area contributed by atoms with Crippen LogP contribution in [0.3, 0.4) is 0 Å². The van der Waals surface area contributed by atoms with Crippen LogP contribution in [-0.4, -0.2) is 21.1 Å². The van der Waals surface area contributed by atoms with Gasteiger partial charge in [-0.3, -0.25) is 4.79 Å². The summed E-state index contributed by atoms with van der Waals surface area (Å²) in [6.45, 7) is 19.2. The average Bonchev–Trinajstić information content (AvgIpc) is 3.03. The second-order valence-corrected chi connectivity index (χ2v) is 13.7. The van der Waals surface area contributed by atoms with Crippen LogP contribution >= 0.6 is 0 Å². The molecule has 1 heterocycles. The third-order valence-corrected chi connectivity index (χ3v) is 9.14. The average molecular weight is 808 g/mol. The first-order valence-electron chi connectivity index (χ1n) is 17.0. The molecule has 0 aliphatic heterocycles. The van der Waals surface area contributed by atoms with Gasteiger partial charge < -0.3 is 5.11 Å². The number of fused-ring (bicyclic) bond motifs is 3. The molecule has 1 aromatic heterocycles. The van der Waals surface area contributed by atoms with Crippen LogP contribution in [0.4, 0.5) is 0 Å². The number of carbonyl (C=O) groups is 1. The van der Waals surface area contributed by atoms with Crippen molar-refractivity contribution in [3.8, 4) is 11.3 Å². The van der Waals surface area contributed by atoms with E-state index in [9.17, 15) is 9.90 Å². The third-order valence-electron chi connectivity index (χ3n) is 9.14. The topological polar surface area (TPSA) is 63.1 Å². The molecule has 251 valence electrons. The molecule has 5 rings (SSSR count). The van der Waals surface area contributed by atoms with Crippen LogP contribution in [0.25, 0.3) is 43.6 Å². The van der Waals surface area contributed by atoms with E-state index in [1.165, 1.54) is 33.2 Å². The molecular weight excluding hydrogens is 757 g/mol. The Hall–Kier alpha value is -3.40. The number of aliphatic hydroxyl groups is 1. The third kappa shape index (κ3) is 8.75. The summed E-state index contributed by atoms with van der Waals surface area (Å²) in [4.78, 5) is 11.7. The zero-order valence-electron chi connectivity index (χ0n) is 29.6. The predicted octanol–water partition coefficient (Wildman–Crippen LogP) is 11.7. The van der Waals surface area contributed by atoms with Crippen LogP contribution in [0, 0.1) is 17.9 Å². The van der Waals surface area contributed by atoms with E-state index < -0.39 is 0 Å². The maximum Gasteiger partial charge on any atom is 0.162 e. The van der Waals surface area contributed by atoms with Crippen molar-refractivity contribution in [2.24, 2.45) is 11.8 Å². The van der Waals surface area contributed by atoms with E-state index in [-0.39, 0.29) is 48.9 Å². The molecule has 0 amide bonds. The number of hydrogen-bond donors (Lipinski definition) is 1.